The minimum atomic E-state index is 0. The maximum absolute atomic E-state index is 5.62. The fourth-order valence-corrected chi connectivity index (χ4v) is 1.11. The van der Waals surface area contributed by atoms with Crippen molar-refractivity contribution in [2.24, 2.45) is 0 Å². The highest BCUT2D eigenvalue weighted by Crippen LogP contribution is 2.22. The quantitative estimate of drug-likeness (QED) is 0.737. The molecular formula is C7H10BrClN2. The molecule has 0 fully saturated rings. The molecule has 2 nitrogen and oxygen atoms in total. The average molecular weight is 238 g/mol. The molecule has 0 aliphatic carbocycles. The van der Waals surface area contributed by atoms with Crippen LogP contribution < -0.4 is 11.1 Å². The van der Waals surface area contributed by atoms with Crippen molar-refractivity contribution >= 4 is 39.7 Å². The van der Waals surface area contributed by atoms with E-state index in [1.807, 2.05) is 25.2 Å². The SMILES string of the molecule is CNc1cc(Br)ccc1N.Cl. The van der Waals surface area contributed by atoms with Crippen LogP contribution in [-0.2, 0) is 0 Å². The first-order valence-corrected chi connectivity index (χ1v) is 3.76. The zero-order valence-electron chi connectivity index (χ0n) is 6.10. The lowest BCUT2D eigenvalue weighted by Gasteiger charge is -2.03. The fraction of sp³-hybridized carbons (Fsp3) is 0.143. The van der Waals surface area contributed by atoms with Crippen LogP contribution in [0.4, 0.5) is 11.4 Å². The van der Waals surface area contributed by atoms with E-state index in [9.17, 15) is 0 Å². The first-order chi connectivity index (χ1) is 4.74. The topological polar surface area (TPSA) is 38.0 Å². The van der Waals surface area contributed by atoms with Crippen molar-refractivity contribution in [1.29, 1.82) is 0 Å². The van der Waals surface area contributed by atoms with E-state index in [2.05, 4.69) is 21.2 Å². The third-order valence-electron chi connectivity index (χ3n) is 1.28. The molecule has 0 aromatic heterocycles. The fourth-order valence-electron chi connectivity index (χ4n) is 0.745. The standard InChI is InChI=1S/C7H9BrN2.ClH/c1-10-7-4-5(8)2-3-6(7)9;/h2-4,10H,9H2,1H3;1H. The summed E-state index contributed by atoms with van der Waals surface area (Å²) in [5, 5.41) is 2.98. The van der Waals surface area contributed by atoms with Crippen LogP contribution in [0, 0.1) is 0 Å². The predicted molar refractivity (Wildman–Crippen MR) is 55.3 cm³/mol. The highest BCUT2D eigenvalue weighted by molar-refractivity contribution is 9.10. The van der Waals surface area contributed by atoms with Gasteiger partial charge in [0.1, 0.15) is 0 Å². The predicted octanol–water partition coefficient (Wildman–Crippen LogP) is 2.49. The maximum atomic E-state index is 5.62. The molecule has 0 amide bonds. The molecule has 3 N–H and O–H groups in total. The number of benzene rings is 1. The summed E-state index contributed by atoms with van der Waals surface area (Å²) in [5.41, 5.74) is 7.34. The van der Waals surface area contributed by atoms with Crippen molar-refractivity contribution in [2.75, 3.05) is 18.1 Å². The molecule has 0 saturated heterocycles. The lowest BCUT2D eigenvalue weighted by Crippen LogP contribution is -1.94. The van der Waals surface area contributed by atoms with Gasteiger partial charge in [-0.3, -0.25) is 0 Å². The molecule has 1 rings (SSSR count). The Hall–Kier alpha value is -0.410. The van der Waals surface area contributed by atoms with E-state index < -0.39 is 0 Å². The first kappa shape index (κ1) is 10.6. The van der Waals surface area contributed by atoms with E-state index in [0.717, 1.165) is 15.8 Å². The Balaban J connectivity index is 0.000001000. The Morgan fingerprint density at radius 2 is 2.09 bits per heavy atom. The summed E-state index contributed by atoms with van der Waals surface area (Å²) in [5.74, 6) is 0. The van der Waals surface area contributed by atoms with Gasteiger partial charge in [0.05, 0.1) is 11.4 Å². The Morgan fingerprint density at radius 1 is 1.45 bits per heavy atom. The third kappa shape index (κ3) is 2.60. The minimum Gasteiger partial charge on any atom is -0.397 e. The van der Waals surface area contributed by atoms with E-state index in [-0.39, 0.29) is 12.4 Å². The molecule has 4 heteroatoms. The molecule has 0 unspecified atom stereocenters. The lowest BCUT2D eigenvalue weighted by molar-refractivity contribution is 1.50. The monoisotopic (exact) mass is 236 g/mol. The molecule has 0 atom stereocenters. The lowest BCUT2D eigenvalue weighted by atomic mass is 10.3. The zero-order valence-corrected chi connectivity index (χ0v) is 8.50. The van der Waals surface area contributed by atoms with Crippen molar-refractivity contribution in [3.05, 3.63) is 22.7 Å². The minimum absolute atomic E-state index is 0. The summed E-state index contributed by atoms with van der Waals surface area (Å²) < 4.78 is 1.03. The van der Waals surface area contributed by atoms with Crippen molar-refractivity contribution in [2.45, 2.75) is 0 Å². The first-order valence-electron chi connectivity index (χ1n) is 2.97. The van der Waals surface area contributed by atoms with Crippen LogP contribution in [0.3, 0.4) is 0 Å². The van der Waals surface area contributed by atoms with Gasteiger partial charge in [-0.25, -0.2) is 0 Å². The average Bonchev–Trinajstić information content (AvgIpc) is 1.94. The molecule has 1 aromatic rings. The Bertz CT molecular complexity index is 240. The molecule has 0 heterocycles. The van der Waals surface area contributed by atoms with Crippen LogP contribution in [0.25, 0.3) is 0 Å². The molecule has 0 bridgehead atoms. The third-order valence-corrected chi connectivity index (χ3v) is 1.78. The van der Waals surface area contributed by atoms with Gasteiger partial charge in [-0.1, -0.05) is 15.9 Å². The number of hydrogen-bond acceptors (Lipinski definition) is 2. The second-order valence-electron chi connectivity index (χ2n) is 1.98. The number of hydrogen-bond donors (Lipinski definition) is 2. The van der Waals surface area contributed by atoms with Gasteiger partial charge in [-0.15, -0.1) is 12.4 Å². The number of nitrogens with one attached hydrogen (secondary N) is 1. The van der Waals surface area contributed by atoms with E-state index >= 15 is 0 Å². The van der Waals surface area contributed by atoms with Crippen LogP contribution >= 0.6 is 28.3 Å². The number of nitrogen functional groups attached to an aromatic ring is 1. The number of rotatable bonds is 1. The van der Waals surface area contributed by atoms with Crippen LogP contribution in [0.1, 0.15) is 0 Å². The molecule has 0 aliphatic rings. The van der Waals surface area contributed by atoms with Gasteiger partial charge < -0.3 is 11.1 Å². The van der Waals surface area contributed by atoms with E-state index in [1.54, 1.807) is 0 Å². The van der Waals surface area contributed by atoms with Gasteiger partial charge >= 0.3 is 0 Å². The van der Waals surface area contributed by atoms with Crippen LogP contribution in [0.15, 0.2) is 22.7 Å². The largest absolute Gasteiger partial charge is 0.397 e. The van der Waals surface area contributed by atoms with E-state index in [1.165, 1.54) is 0 Å². The number of anilines is 2. The molecule has 0 radical (unpaired) electrons. The highest BCUT2D eigenvalue weighted by Gasteiger charge is 1.94. The van der Waals surface area contributed by atoms with Crippen molar-refractivity contribution < 1.29 is 0 Å². The molecule has 62 valence electrons. The van der Waals surface area contributed by atoms with Crippen molar-refractivity contribution in [3.63, 3.8) is 0 Å². The van der Waals surface area contributed by atoms with Gasteiger partial charge in [-0.2, -0.15) is 0 Å². The summed E-state index contributed by atoms with van der Waals surface area (Å²) in [4.78, 5) is 0. The van der Waals surface area contributed by atoms with Gasteiger partial charge in [0.15, 0.2) is 0 Å². The molecule has 11 heavy (non-hydrogen) atoms. The van der Waals surface area contributed by atoms with E-state index in [4.69, 9.17) is 5.73 Å². The highest BCUT2D eigenvalue weighted by atomic mass is 79.9. The van der Waals surface area contributed by atoms with Gasteiger partial charge in [0.2, 0.25) is 0 Å². The molecular weight excluding hydrogens is 227 g/mol. The second kappa shape index (κ2) is 4.46. The van der Waals surface area contributed by atoms with Crippen molar-refractivity contribution in [1.82, 2.24) is 0 Å². The normalized spacial score (nSPS) is 8.55. The second-order valence-corrected chi connectivity index (χ2v) is 2.90. The summed E-state index contributed by atoms with van der Waals surface area (Å²) in [6, 6.07) is 5.71. The van der Waals surface area contributed by atoms with Gasteiger partial charge in [0, 0.05) is 11.5 Å². The number of nitrogens with two attached hydrogens (primary N) is 1. The van der Waals surface area contributed by atoms with Crippen molar-refractivity contribution in [3.8, 4) is 0 Å². The molecule has 1 aromatic carbocycles. The molecule has 0 spiro atoms. The Morgan fingerprint density at radius 3 is 2.55 bits per heavy atom. The van der Waals surface area contributed by atoms with Gasteiger partial charge in [0.25, 0.3) is 0 Å². The van der Waals surface area contributed by atoms with Crippen LogP contribution in [0.5, 0.6) is 0 Å². The molecule has 0 aliphatic heterocycles. The molecule has 0 saturated carbocycles. The number of halogens is 2. The smallest absolute Gasteiger partial charge is 0.0582 e. The van der Waals surface area contributed by atoms with E-state index in [0.29, 0.717) is 0 Å². The maximum Gasteiger partial charge on any atom is 0.0582 e. The zero-order chi connectivity index (χ0) is 7.56. The Kier molecular flexibility index (Phi) is 4.30. The van der Waals surface area contributed by atoms with Crippen LogP contribution in [-0.4, -0.2) is 7.05 Å². The summed E-state index contributed by atoms with van der Waals surface area (Å²) in [6.45, 7) is 0. The van der Waals surface area contributed by atoms with Gasteiger partial charge in [-0.05, 0) is 18.2 Å². The summed E-state index contributed by atoms with van der Waals surface area (Å²) in [6.07, 6.45) is 0. The Labute approximate surface area is 80.7 Å². The summed E-state index contributed by atoms with van der Waals surface area (Å²) >= 11 is 3.34. The van der Waals surface area contributed by atoms with Crippen LogP contribution in [0.2, 0.25) is 0 Å². The summed E-state index contributed by atoms with van der Waals surface area (Å²) in [7, 11) is 1.85.